The van der Waals surface area contributed by atoms with Crippen molar-refractivity contribution in [3.63, 3.8) is 0 Å². The van der Waals surface area contributed by atoms with Crippen LogP contribution in [0.3, 0.4) is 0 Å². The van der Waals surface area contributed by atoms with E-state index in [-0.39, 0.29) is 0 Å². The monoisotopic (exact) mass is 153 g/mol. The van der Waals surface area contributed by atoms with Crippen LogP contribution in [0, 0.1) is 0 Å². The van der Waals surface area contributed by atoms with Crippen molar-refractivity contribution in [1.29, 1.82) is 0 Å². The molecular weight excluding hydrogens is 148 g/mol. The number of carbonyl (C=O) groups excluding carboxylic acids is 1. The minimum absolute atomic E-state index is 0.894. The van der Waals surface area contributed by atoms with Gasteiger partial charge in [0.05, 0.1) is 12.0 Å². The Hall–Kier alpha value is -0.960. The highest BCUT2D eigenvalue weighted by atomic mass is 32.2. The van der Waals surface area contributed by atoms with Gasteiger partial charge in [0, 0.05) is 4.90 Å². The lowest BCUT2D eigenvalue weighted by atomic mass is 10.4. The fraction of sp³-hybridized carbons (Fsp3) is 0. The minimum Gasteiger partial charge on any atom is -0.378 e. The van der Waals surface area contributed by atoms with Gasteiger partial charge in [-0.05, 0) is 12.1 Å². The SMILES string of the molecule is O=[C]OSc1ccccc1. The van der Waals surface area contributed by atoms with E-state index in [1.54, 1.807) is 0 Å². The Morgan fingerprint density at radius 2 is 2.00 bits per heavy atom. The van der Waals surface area contributed by atoms with Crippen LogP contribution in [0.1, 0.15) is 0 Å². The summed E-state index contributed by atoms with van der Waals surface area (Å²) in [4.78, 5) is 10.5. The molecule has 0 aliphatic rings. The van der Waals surface area contributed by atoms with E-state index in [1.807, 2.05) is 30.3 Å². The van der Waals surface area contributed by atoms with Gasteiger partial charge >= 0.3 is 6.47 Å². The van der Waals surface area contributed by atoms with Crippen molar-refractivity contribution in [1.82, 2.24) is 0 Å². The summed E-state index contributed by atoms with van der Waals surface area (Å²) in [6.07, 6.45) is 0. The molecule has 0 atom stereocenters. The predicted molar refractivity (Wildman–Crippen MR) is 39.1 cm³/mol. The first-order valence-electron chi connectivity index (χ1n) is 2.69. The maximum Gasteiger partial charge on any atom is 0.430 e. The second kappa shape index (κ2) is 3.95. The Balaban J connectivity index is 2.50. The Kier molecular flexibility index (Phi) is 2.83. The van der Waals surface area contributed by atoms with Crippen LogP contribution >= 0.6 is 12.0 Å². The van der Waals surface area contributed by atoms with Gasteiger partial charge in [0.2, 0.25) is 0 Å². The maximum atomic E-state index is 9.61. The van der Waals surface area contributed by atoms with Crippen LogP contribution in [0.4, 0.5) is 0 Å². The van der Waals surface area contributed by atoms with Crippen LogP contribution in [0.2, 0.25) is 0 Å². The third kappa shape index (κ3) is 2.11. The second-order valence-electron chi connectivity index (χ2n) is 1.56. The summed E-state index contributed by atoms with van der Waals surface area (Å²) < 4.78 is 4.33. The molecule has 0 saturated carbocycles. The first kappa shape index (κ1) is 7.15. The summed E-state index contributed by atoms with van der Waals surface area (Å²) in [5.74, 6) is 0. The van der Waals surface area contributed by atoms with Gasteiger partial charge in [-0.3, -0.25) is 0 Å². The Labute approximate surface area is 63.4 Å². The molecule has 1 aromatic rings. The molecule has 0 saturated heterocycles. The molecule has 0 aromatic heterocycles. The fourth-order valence-electron chi connectivity index (χ4n) is 0.541. The van der Waals surface area contributed by atoms with E-state index in [0.717, 1.165) is 16.9 Å². The zero-order valence-corrected chi connectivity index (χ0v) is 5.93. The number of hydrogen-bond acceptors (Lipinski definition) is 3. The highest BCUT2D eigenvalue weighted by molar-refractivity contribution is 7.95. The first-order chi connectivity index (χ1) is 4.93. The first-order valence-corrected chi connectivity index (χ1v) is 3.43. The van der Waals surface area contributed by atoms with Gasteiger partial charge in [0.15, 0.2) is 0 Å². The van der Waals surface area contributed by atoms with E-state index in [4.69, 9.17) is 0 Å². The van der Waals surface area contributed by atoms with Gasteiger partial charge in [0.1, 0.15) is 0 Å². The van der Waals surface area contributed by atoms with E-state index >= 15 is 0 Å². The van der Waals surface area contributed by atoms with Gasteiger partial charge in [-0.25, -0.2) is 4.79 Å². The largest absolute Gasteiger partial charge is 0.430 e. The van der Waals surface area contributed by atoms with E-state index in [1.165, 1.54) is 6.47 Å². The summed E-state index contributed by atoms with van der Waals surface area (Å²) in [6, 6.07) is 9.34. The lowest BCUT2D eigenvalue weighted by molar-refractivity contribution is 0.475. The van der Waals surface area contributed by atoms with Crippen LogP contribution in [0.25, 0.3) is 0 Å². The van der Waals surface area contributed by atoms with Crippen molar-refractivity contribution in [2.24, 2.45) is 0 Å². The van der Waals surface area contributed by atoms with Gasteiger partial charge in [-0.15, -0.1) is 0 Å². The van der Waals surface area contributed by atoms with Gasteiger partial charge in [0.25, 0.3) is 0 Å². The molecule has 0 N–H and O–H groups in total. The molecule has 3 heteroatoms. The zero-order valence-electron chi connectivity index (χ0n) is 5.11. The molecular formula is C7H5O2S. The molecule has 1 aromatic carbocycles. The molecule has 0 spiro atoms. The van der Waals surface area contributed by atoms with Crippen molar-refractivity contribution in [3.05, 3.63) is 30.3 Å². The minimum atomic E-state index is 0.894. The molecule has 10 heavy (non-hydrogen) atoms. The highest BCUT2D eigenvalue weighted by Crippen LogP contribution is 2.16. The summed E-state index contributed by atoms with van der Waals surface area (Å²) in [6.45, 7) is 1.33. The van der Waals surface area contributed by atoms with Gasteiger partial charge in [-0.2, -0.15) is 0 Å². The van der Waals surface area contributed by atoms with E-state index in [0.29, 0.717) is 0 Å². The lowest BCUT2D eigenvalue weighted by Gasteiger charge is -1.92. The summed E-state index contributed by atoms with van der Waals surface area (Å²) in [7, 11) is 0. The Morgan fingerprint density at radius 3 is 2.60 bits per heavy atom. The third-order valence-electron chi connectivity index (χ3n) is 0.915. The molecule has 0 unspecified atom stereocenters. The molecule has 0 bridgehead atoms. The molecule has 51 valence electrons. The van der Waals surface area contributed by atoms with Crippen LogP contribution < -0.4 is 0 Å². The van der Waals surface area contributed by atoms with Crippen LogP contribution in [0.5, 0.6) is 0 Å². The van der Waals surface area contributed by atoms with Gasteiger partial charge in [-0.1, -0.05) is 18.2 Å². The van der Waals surface area contributed by atoms with E-state index in [2.05, 4.69) is 4.18 Å². The average molecular weight is 153 g/mol. The molecule has 1 radical (unpaired) electrons. The summed E-state index contributed by atoms with van der Waals surface area (Å²) in [5, 5.41) is 0. The quantitative estimate of drug-likeness (QED) is 0.619. The second-order valence-corrected chi connectivity index (χ2v) is 2.37. The Bertz CT molecular complexity index is 198. The van der Waals surface area contributed by atoms with Crippen LogP contribution in [0.15, 0.2) is 35.2 Å². The maximum absolute atomic E-state index is 9.61. The zero-order chi connectivity index (χ0) is 7.23. The van der Waals surface area contributed by atoms with E-state index < -0.39 is 0 Å². The van der Waals surface area contributed by atoms with Crippen LogP contribution in [-0.2, 0) is 8.98 Å². The number of hydrogen-bond donors (Lipinski definition) is 0. The molecule has 0 aliphatic heterocycles. The molecule has 2 nitrogen and oxygen atoms in total. The van der Waals surface area contributed by atoms with Crippen molar-refractivity contribution in [3.8, 4) is 0 Å². The molecule has 1 rings (SSSR count). The summed E-state index contributed by atoms with van der Waals surface area (Å²) >= 11 is 0.997. The van der Waals surface area contributed by atoms with Crippen molar-refractivity contribution >= 4 is 18.5 Å². The molecule has 0 heterocycles. The van der Waals surface area contributed by atoms with E-state index in [9.17, 15) is 4.79 Å². The van der Waals surface area contributed by atoms with Crippen molar-refractivity contribution < 1.29 is 8.98 Å². The normalized spacial score (nSPS) is 8.80. The van der Waals surface area contributed by atoms with Crippen molar-refractivity contribution in [2.45, 2.75) is 4.90 Å². The number of rotatable bonds is 3. The predicted octanol–water partition coefficient (Wildman–Crippen LogP) is 1.78. The highest BCUT2D eigenvalue weighted by Gasteiger charge is 1.90. The molecule has 0 aliphatic carbocycles. The number of benzene rings is 1. The smallest absolute Gasteiger partial charge is 0.378 e. The fourth-order valence-corrected chi connectivity index (χ4v) is 0.940. The Morgan fingerprint density at radius 1 is 1.30 bits per heavy atom. The third-order valence-corrected chi connectivity index (χ3v) is 1.53. The topological polar surface area (TPSA) is 26.3 Å². The molecule has 0 fully saturated rings. The average Bonchev–Trinajstić information content (AvgIpc) is 2.03. The van der Waals surface area contributed by atoms with Gasteiger partial charge < -0.3 is 4.18 Å². The van der Waals surface area contributed by atoms with Crippen molar-refractivity contribution in [2.75, 3.05) is 0 Å². The summed E-state index contributed by atoms with van der Waals surface area (Å²) in [5.41, 5.74) is 0. The lowest BCUT2D eigenvalue weighted by Crippen LogP contribution is -1.73. The van der Waals surface area contributed by atoms with Crippen LogP contribution in [-0.4, -0.2) is 6.47 Å². The standard InChI is InChI=1S/C7H5O2S/c8-6-9-10-7-4-2-1-3-5-7/h1-5H. The molecule has 0 amide bonds.